The lowest BCUT2D eigenvalue weighted by Gasteiger charge is -2.03. The molecule has 0 spiro atoms. The topological polar surface area (TPSA) is 90.9 Å². The van der Waals surface area contributed by atoms with Crippen molar-refractivity contribution in [1.82, 2.24) is 14.8 Å². The van der Waals surface area contributed by atoms with Gasteiger partial charge in [0.05, 0.1) is 10.7 Å². The van der Waals surface area contributed by atoms with Gasteiger partial charge in [-0.1, -0.05) is 23.9 Å². The number of thioether (sulfide) groups is 1. The van der Waals surface area contributed by atoms with Crippen LogP contribution in [0, 0.1) is 10.1 Å². The van der Waals surface area contributed by atoms with Crippen molar-refractivity contribution in [2.45, 2.75) is 12.1 Å². The number of nitrogens with zero attached hydrogens (tertiary/aromatic N) is 4. The fraction of sp³-hybridized carbons (Fsp3) is 0.250. The zero-order valence-electron chi connectivity index (χ0n) is 10.9. The summed E-state index contributed by atoms with van der Waals surface area (Å²) in [5, 5.41) is 19.4. The Bertz CT molecular complexity index is 668. The zero-order valence-corrected chi connectivity index (χ0v) is 11.8. The number of ketones is 1. The summed E-state index contributed by atoms with van der Waals surface area (Å²) in [5.74, 6) is 0.899. The third kappa shape index (κ3) is 3.02. The van der Waals surface area contributed by atoms with Gasteiger partial charge in [-0.2, -0.15) is 0 Å². The lowest BCUT2D eigenvalue weighted by Crippen LogP contribution is -1.99. The molecular weight excluding hydrogens is 280 g/mol. The molecule has 0 aliphatic carbocycles. The molecule has 0 radical (unpaired) electrons. The number of nitro benzene ring substituents is 1. The van der Waals surface area contributed by atoms with Crippen molar-refractivity contribution >= 4 is 23.2 Å². The minimum atomic E-state index is -0.453. The van der Waals surface area contributed by atoms with Crippen LogP contribution in [0.15, 0.2) is 29.4 Å². The van der Waals surface area contributed by atoms with Gasteiger partial charge >= 0.3 is 0 Å². The van der Waals surface area contributed by atoms with Crippen molar-refractivity contribution < 1.29 is 9.72 Å². The van der Waals surface area contributed by atoms with E-state index in [1.807, 2.05) is 0 Å². The Morgan fingerprint density at radius 2 is 2.20 bits per heavy atom. The Hall–Kier alpha value is -2.22. The zero-order chi connectivity index (χ0) is 14.7. The van der Waals surface area contributed by atoms with E-state index in [1.165, 1.54) is 30.8 Å². The van der Waals surface area contributed by atoms with Crippen LogP contribution in [0.3, 0.4) is 0 Å². The van der Waals surface area contributed by atoms with Crippen LogP contribution in [0.25, 0.3) is 11.4 Å². The molecule has 1 aromatic heterocycles. The molecule has 0 fully saturated rings. The molecule has 0 N–H and O–H groups in total. The van der Waals surface area contributed by atoms with Crippen molar-refractivity contribution in [3.8, 4) is 11.4 Å². The second-order valence-electron chi connectivity index (χ2n) is 4.16. The Morgan fingerprint density at radius 3 is 2.85 bits per heavy atom. The van der Waals surface area contributed by atoms with E-state index in [-0.39, 0.29) is 11.5 Å². The SMILES string of the molecule is CC(=O)CSc1nnc(-c2cccc([N+](=O)[O-])c2)n1C. The lowest BCUT2D eigenvalue weighted by atomic mass is 10.2. The van der Waals surface area contributed by atoms with Crippen molar-refractivity contribution in [3.05, 3.63) is 34.4 Å². The highest BCUT2D eigenvalue weighted by molar-refractivity contribution is 7.99. The first-order valence-corrected chi connectivity index (χ1v) is 6.74. The van der Waals surface area contributed by atoms with E-state index in [4.69, 9.17) is 0 Å². The molecule has 0 aliphatic rings. The summed E-state index contributed by atoms with van der Waals surface area (Å²) in [5.41, 5.74) is 0.618. The van der Waals surface area contributed by atoms with Crippen LogP contribution in [0.4, 0.5) is 5.69 Å². The molecule has 0 aliphatic heterocycles. The number of carbonyl (C=O) groups is 1. The quantitative estimate of drug-likeness (QED) is 0.476. The number of non-ortho nitro benzene ring substituents is 1. The summed E-state index contributed by atoms with van der Waals surface area (Å²) in [4.78, 5) is 21.3. The molecule has 0 amide bonds. The van der Waals surface area contributed by atoms with Crippen LogP contribution in [0.1, 0.15) is 6.92 Å². The Balaban J connectivity index is 2.31. The summed E-state index contributed by atoms with van der Waals surface area (Å²) >= 11 is 1.29. The third-order valence-corrected chi connectivity index (χ3v) is 3.72. The molecule has 20 heavy (non-hydrogen) atoms. The summed E-state index contributed by atoms with van der Waals surface area (Å²) in [6.07, 6.45) is 0. The van der Waals surface area contributed by atoms with Gasteiger partial charge in [-0.25, -0.2) is 0 Å². The van der Waals surface area contributed by atoms with Crippen molar-refractivity contribution in [2.24, 2.45) is 7.05 Å². The first kappa shape index (κ1) is 14.2. The van der Waals surface area contributed by atoms with E-state index in [9.17, 15) is 14.9 Å². The predicted molar refractivity (Wildman–Crippen MR) is 74.5 cm³/mol. The first-order chi connectivity index (χ1) is 9.49. The molecule has 0 unspecified atom stereocenters. The largest absolute Gasteiger partial charge is 0.305 e. The molecule has 0 saturated carbocycles. The van der Waals surface area contributed by atoms with Gasteiger partial charge in [-0.05, 0) is 6.92 Å². The molecule has 0 atom stereocenters. The number of hydrogen-bond donors (Lipinski definition) is 0. The van der Waals surface area contributed by atoms with Gasteiger partial charge in [-0.15, -0.1) is 10.2 Å². The Morgan fingerprint density at radius 1 is 1.45 bits per heavy atom. The predicted octanol–water partition coefficient (Wildman–Crippen LogP) is 2.07. The van der Waals surface area contributed by atoms with Gasteiger partial charge in [-0.3, -0.25) is 14.9 Å². The molecule has 1 aromatic carbocycles. The van der Waals surface area contributed by atoms with Gasteiger partial charge in [0.15, 0.2) is 11.0 Å². The van der Waals surface area contributed by atoms with Gasteiger partial charge in [0, 0.05) is 24.7 Å². The van der Waals surface area contributed by atoms with E-state index < -0.39 is 4.92 Å². The monoisotopic (exact) mass is 292 g/mol. The minimum absolute atomic E-state index is 0.00318. The average molecular weight is 292 g/mol. The van der Waals surface area contributed by atoms with Gasteiger partial charge < -0.3 is 4.57 Å². The average Bonchev–Trinajstić information content (AvgIpc) is 2.78. The van der Waals surface area contributed by atoms with Gasteiger partial charge in [0.2, 0.25) is 0 Å². The number of nitro groups is 1. The summed E-state index contributed by atoms with van der Waals surface area (Å²) in [6.45, 7) is 1.50. The van der Waals surface area contributed by atoms with Crippen molar-refractivity contribution in [1.29, 1.82) is 0 Å². The maximum Gasteiger partial charge on any atom is 0.270 e. The summed E-state index contributed by atoms with van der Waals surface area (Å²) in [7, 11) is 1.76. The molecule has 1 heterocycles. The molecule has 8 heteroatoms. The Kier molecular flexibility index (Phi) is 4.14. The van der Waals surface area contributed by atoms with Crippen molar-refractivity contribution in [2.75, 3.05) is 5.75 Å². The third-order valence-electron chi connectivity index (χ3n) is 2.55. The van der Waals surface area contributed by atoms with E-state index in [2.05, 4.69) is 10.2 Å². The van der Waals surface area contributed by atoms with Crippen molar-refractivity contribution in [3.63, 3.8) is 0 Å². The number of carbonyl (C=O) groups excluding carboxylic acids is 1. The standard InChI is InChI=1S/C12H12N4O3S/c1-8(17)7-20-12-14-13-11(15(12)2)9-4-3-5-10(6-9)16(18)19/h3-6H,7H2,1-2H3. The van der Waals surface area contributed by atoms with Gasteiger partial charge in [0.1, 0.15) is 5.78 Å². The van der Waals surface area contributed by atoms with E-state index >= 15 is 0 Å². The van der Waals surface area contributed by atoms with E-state index in [0.717, 1.165) is 0 Å². The van der Waals surface area contributed by atoms with E-state index in [1.54, 1.807) is 23.7 Å². The molecule has 0 bridgehead atoms. The molecular formula is C12H12N4O3S. The fourth-order valence-electron chi connectivity index (χ4n) is 1.62. The second-order valence-corrected chi connectivity index (χ2v) is 5.11. The van der Waals surface area contributed by atoms with Crippen LogP contribution < -0.4 is 0 Å². The maximum atomic E-state index is 11.0. The van der Waals surface area contributed by atoms with Crippen LogP contribution in [0.2, 0.25) is 0 Å². The highest BCUT2D eigenvalue weighted by atomic mass is 32.2. The van der Waals surface area contributed by atoms with E-state index in [0.29, 0.717) is 22.3 Å². The number of aromatic nitrogens is 3. The maximum absolute atomic E-state index is 11.0. The number of benzene rings is 1. The van der Waals surface area contributed by atoms with Crippen LogP contribution in [-0.2, 0) is 11.8 Å². The lowest BCUT2D eigenvalue weighted by molar-refractivity contribution is -0.384. The highest BCUT2D eigenvalue weighted by Crippen LogP contribution is 2.25. The molecule has 2 rings (SSSR count). The second kappa shape index (κ2) is 5.83. The molecule has 2 aromatic rings. The van der Waals surface area contributed by atoms with Gasteiger partial charge in [0.25, 0.3) is 5.69 Å². The molecule has 104 valence electrons. The molecule has 0 saturated heterocycles. The first-order valence-electron chi connectivity index (χ1n) is 5.75. The summed E-state index contributed by atoms with van der Waals surface area (Å²) < 4.78 is 1.71. The highest BCUT2D eigenvalue weighted by Gasteiger charge is 2.14. The fourth-order valence-corrected chi connectivity index (χ4v) is 2.33. The van der Waals surface area contributed by atoms with Crippen LogP contribution >= 0.6 is 11.8 Å². The minimum Gasteiger partial charge on any atom is -0.305 e. The van der Waals surface area contributed by atoms with Crippen LogP contribution in [-0.4, -0.2) is 31.2 Å². The van der Waals surface area contributed by atoms with Crippen LogP contribution in [0.5, 0.6) is 0 Å². The smallest absolute Gasteiger partial charge is 0.270 e. The molecule has 7 nitrogen and oxygen atoms in total. The number of rotatable bonds is 5. The number of hydrogen-bond acceptors (Lipinski definition) is 6. The summed E-state index contributed by atoms with van der Waals surface area (Å²) in [6, 6.07) is 6.20. The number of Topliss-reactive ketones (excluding diaryl/α,β-unsaturated/α-hetero) is 1. The normalized spacial score (nSPS) is 10.5. The Labute approximate surface area is 119 Å².